The van der Waals surface area contributed by atoms with E-state index in [-0.39, 0.29) is 17.9 Å². The molecular weight excluding hydrogens is 390 g/mol. The molecule has 1 fully saturated rings. The van der Waals surface area contributed by atoms with Gasteiger partial charge in [-0.25, -0.2) is 9.97 Å². The van der Waals surface area contributed by atoms with Gasteiger partial charge in [-0.05, 0) is 63.4 Å². The van der Waals surface area contributed by atoms with Crippen LogP contribution in [0.3, 0.4) is 0 Å². The molecule has 2 heterocycles. The first-order valence-corrected chi connectivity index (χ1v) is 10.8. The lowest BCUT2D eigenvalue weighted by molar-refractivity contribution is 0.0156. The Labute approximate surface area is 182 Å². The number of aliphatic hydroxyl groups is 1. The van der Waals surface area contributed by atoms with E-state index in [9.17, 15) is 9.90 Å². The van der Waals surface area contributed by atoms with Crippen molar-refractivity contribution in [3.05, 3.63) is 65.5 Å². The molecule has 6 heteroatoms. The van der Waals surface area contributed by atoms with Gasteiger partial charge in [0, 0.05) is 24.1 Å². The van der Waals surface area contributed by atoms with E-state index < -0.39 is 0 Å². The van der Waals surface area contributed by atoms with Gasteiger partial charge in [-0.15, -0.1) is 0 Å². The van der Waals surface area contributed by atoms with Crippen LogP contribution in [0.2, 0.25) is 0 Å². The standard InChI is InChI=1S/C25H29N3O3/c1-18-19(2)27-23-15-20(9-10-22(23)26-18)24(30)28-13-6-11-25(16-28,17-29)12-14-31-21-7-4-3-5-8-21/h3-5,7-10,15,29H,6,11-14,16-17H2,1-2H3. The van der Waals surface area contributed by atoms with Crippen LogP contribution >= 0.6 is 0 Å². The lowest BCUT2D eigenvalue weighted by Crippen LogP contribution is -2.48. The van der Waals surface area contributed by atoms with Crippen molar-refractivity contribution in [2.24, 2.45) is 5.41 Å². The zero-order valence-corrected chi connectivity index (χ0v) is 18.2. The maximum Gasteiger partial charge on any atom is 0.253 e. The monoisotopic (exact) mass is 419 g/mol. The zero-order chi connectivity index (χ0) is 21.8. The molecule has 162 valence electrons. The fraction of sp³-hybridized carbons (Fsp3) is 0.400. The van der Waals surface area contributed by atoms with Crippen molar-refractivity contribution < 1.29 is 14.6 Å². The third kappa shape index (κ3) is 4.69. The normalized spacial score (nSPS) is 18.9. The third-order valence-corrected chi connectivity index (χ3v) is 6.25. The summed E-state index contributed by atoms with van der Waals surface area (Å²) in [5, 5.41) is 10.2. The van der Waals surface area contributed by atoms with Crippen molar-refractivity contribution >= 4 is 16.9 Å². The van der Waals surface area contributed by atoms with Gasteiger partial charge in [0.1, 0.15) is 5.75 Å². The molecule has 1 aliphatic rings. The summed E-state index contributed by atoms with van der Waals surface area (Å²) in [6.45, 7) is 5.62. The molecule has 1 aliphatic heterocycles. The molecule has 1 atom stereocenters. The van der Waals surface area contributed by atoms with Crippen molar-refractivity contribution in [1.82, 2.24) is 14.9 Å². The molecule has 1 aromatic heterocycles. The number of aliphatic hydroxyl groups excluding tert-OH is 1. The first-order valence-electron chi connectivity index (χ1n) is 10.8. The van der Waals surface area contributed by atoms with E-state index in [2.05, 4.69) is 9.97 Å². The highest BCUT2D eigenvalue weighted by Crippen LogP contribution is 2.34. The van der Waals surface area contributed by atoms with Crippen molar-refractivity contribution in [2.45, 2.75) is 33.1 Å². The molecule has 0 aliphatic carbocycles. The summed E-state index contributed by atoms with van der Waals surface area (Å²) in [5.74, 6) is 0.797. The van der Waals surface area contributed by atoms with E-state index in [1.165, 1.54) is 0 Å². The smallest absolute Gasteiger partial charge is 0.253 e. The predicted molar refractivity (Wildman–Crippen MR) is 120 cm³/mol. The highest BCUT2D eigenvalue weighted by molar-refractivity contribution is 5.97. The molecule has 3 aromatic rings. The summed E-state index contributed by atoms with van der Waals surface area (Å²) in [6, 6.07) is 15.2. The van der Waals surface area contributed by atoms with E-state index in [0.29, 0.717) is 31.7 Å². The van der Waals surface area contributed by atoms with Crippen LogP contribution in [0, 0.1) is 19.3 Å². The molecule has 1 saturated heterocycles. The molecule has 0 saturated carbocycles. The number of hydrogen-bond acceptors (Lipinski definition) is 5. The van der Waals surface area contributed by atoms with Crippen LogP contribution in [0.25, 0.3) is 11.0 Å². The number of amides is 1. The van der Waals surface area contributed by atoms with Crippen LogP contribution in [0.1, 0.15) is 41.0 Å². The van der Waals surface area contributed by atoms with Gasteiger partial charge in [0.2, 0.25) is 0 Å². The average molecular weight is 420 g/mol. The molecule has 31 heavy (non-hydrogen) atoms. The number of rotatable bonds is 6. The maximum absolute atomic E-state index is 13.3. The van der Waals surface area contributed by atoms with E-state index in [1.54, 1.807) is 0 Å². The van der Waals surface area contributed by atoms with Crippen molar-refractivity contribution in [3.8, 4) is 5.75 Å². The van der Waals surface area contributed by atoms with E-state index >= 15 is 0 Å². The van der Waals surface area contributed by atoms with E-state index in [4.69, 9.17) is 4.74 Å². The van der Waals surface area contributed by atoms with Gasteiger partial charge in [0.05, 0.1) is 35.6 Å². The Morgan fingerprint density at radius 1 is 1.10 bits per heavy atom. The molecule has 6 nitrogen and oxygen atoms in total. The molecule has 2 aromatic carbocycles. The number of aryl methyl sites for hydroxylation is 2. The Bertz CT molecular complexity index is 1070. The van der Waals surface area contributed by atoms with Crippen LogP contribution in [0.15, 0.2) is 48.5 Å². The third-order valence-electron chi connectivity index (χ3n) is 6.25. The number of nitrogens with zero attached hydrogens (tertiary/aromatic N) is 3. The number of aromatic nitrogens is 2. The minimum Gasteiger partial charge on any atom is -0.494 e. The fourth-order valence-corrected chi connectivity index (χ4v) is 4.24. The first-order chi connectivity index (χ1) is 15.0. The molecule has 0 bridgehead atoms. The highest BCUT2D eigenvalue weighted by atomic mass is 16.5. The Morgan fingerprint density at radius 2 is 1.84 bits per heavy atom. The molecular formula is C25H29N3O3. The SMILES string of the molecule is Cc1nc2ccc(C(=O)N3CCCC(CO)(CCOc4ccccc4)C3)cc2nc1C. The number of ether oxygens (including phenoxy) is 1. The van der Waals surface area contributed by atoms with Gasteiger partial charge in [-0.3, -0.25) is 4.79 Å². The number of piperidine rings is 1. The van der Waals surface area contributed by atoms with Crippen LogP contribution in [-0.4, -0.2) is 52.2 Å². The number of fused-ring (bicyclic) bond motifs is 1. The number of likely N-dealkylation sites (tertiary alicyclic amines) is 1. The molecule has 0 radical (unpaired) electrons. The molecule has 4 rings (SSSR count). The Morgan fingerprint density at radius 3 is 2.58 bits per heavy atom. The van der Waals surface area contributed by atoms with E-state index in [1.807, 2.05) is 67.3 Å². The summed E-state index contributed by atoms with van der Waals surface area (Å²) < 4.78 is 5.86. The fourth-order valence-electron chi connectivity index (χ4n) is 4.24. The number of hydrogen-bond donors (Lipinski definition) is 1. The summed E-state index contributed by atoms with van der Waals surface area (Å²) in [5.41, 5.74) is 3.56. The minimum absolute atomic E-state index is 0.0246. The quantitative estimate of drug-likeness (QED) is 0.655. The Kier molecular flexibility index (Phi) is 6.18. The Hall–Kier alpha value is -2.99. The van der Waals surface area contributed by atoms with Gasteiger partial charge < -0.3 is 14.7 Å². The predicted octanol–water partition coefficient (Wildman–Crippen LogP) is 3.93. The number of para-hydroxylation sites is 1. The lowest BCUT2D eigenvalue weighted by Gasteiger charge is -2.42. The number of carbonyl (C=O) groups is 1. The van der Waals surface area contributed by atoms with Crippen molar-refractivity contribution in [1.29, 1.82) is 0 Å². The molecule has 1 unspecified atom stereocenters. The second-order valence-electron chi connectivity index (χ2n) is 8.50. The van der Waals surface area contributed by atoms with Gasteiger partial charge in [-0.2, -0.15) is 0 Å². The average Bonchev–Trinajstić information content (AvgIpc) is 2.80. The second kappa shape index (κ2) is 9.02. The zero-order valence-electron chi connectivity index (χ0n) is 18.2. The van der Waals surface area contributed by atoms with Crippen molar-refractivity contribution in [2.75, 3.05) is 26.3 Å². The topological polar surface area (TPSA) is 75.6 Å². The largest absolute Gasteiger partial charge is 0.494 e. The number of benzene rings is 2. The highest BCUT2D eigenvalue weighted by Gasteiger charge is 2.37. The summed E-state index contributed by atoms with van der Waals surface area (Å²) >= 11 is 0. The summed E-state index contributed by atoms with van der Waals surface area (Å²) in [7, 11) is 0. The Balaban J connectivity index is 1.46. The van der Waals surface area contributed by atoms with Gasteiger partial charge in [-0.1, -0.05) is 18.2 Å². The molecule has 1 amide bonds. The molecule has 0 spiro atoms. The van der Waals surface area contributed by atoms with Crippen molar-refractivity contribution in [3.63, 3.8) is 0 Å². The number of carbonyl (C=O) groups excluding carboxylic acids is 1. The first kappa shape index (κ1) is 21.2. The van der Waals surface area contributed by atoms with Crippen LogP contribution < -0.4 is 4.74 Å². The van der Waals surface area contributed by atoms with Gasteiger partial charge >= 0.3 is 0 Å². The lowest BCUT2D eigenvalue weighted by atomic mass is 9.78. The second-order valence-corrected chi connectivity index (χ2v) is 8.50. The van der Waals surface area contributed by atoms with Gasteiger partial charge in [0.15, 0.2) is 0 Å². The summed E-state index contributed by atoms with van der Waals surface area (Å²) in [4.78, 5) is 24.3. The van der Waals surface area contributed by atoms with Crippen LogP contribution in [0.4, 0.5) is 0 Å². The molecule has 1 N–H and O–H groups in total. The maximum atomic E-state index is 13.3. The van der Waals surface area contributed by atoms with Crippen LogP contribution in [0.5, 0.6) is 5.75 Å². The summed E-state index contributed by atoms with van der Waals surface area (Å²) in [6.07, 6.45) is 2.44. The van der Waals surface area contributed by atoms with E-state index in [0.717, 1.165) is 41.0 Å². The van der Waals surface area contributed by atoms with Crippen LogP contribution in [-0.2, 0) is 0 Å². The minimum atomic E-state index is -0.340. The van der Waals surface area contributed by atoms with Gasteiger partial charge in [0.25, 0.3) is 5.91 Å².